The number of methoxy groups -OCH3 is 1. The zero-order chi connectivity index (χ0) is 11.4. The van der Waals surface area contributed by atoms with Crippen molar-refractivity contribution in [3.05, 3.63) is 29.0 Å². The highest BCUT2D eigenvalue weighted by molar-refractivity contribution is 6.30. The Morgan fingerprint density at radius 2 is 2.44 bits per heavy atom. The molecule has 1 aromatic heterocycles. The molecular formula is C12H17ClN2O. The van der Waals surface area contributed by atoms with Gasteiger partial charge in [-0.15, -0.1) is 0 Å². The highest BCUT2D eigenvalue weighted by atomic mass is 35.5. The van der Waals surface area contributed by atoms with E-state index in [1.807, 2.05) is 12.1 Å². The number of hydrogen-bond acceptors (Lipinski definition) is 3. The Morgan fingerprint density at radius 1 is 1.62 bits per heavy atom. The van der Waals surface area contributed by atoms with Crippen LogP contribution in [0.4, 0.5) is 0 Å². The first-order valence-electron chi connectivity index (χ1n) is 5.63. The van der Waals surface area contributed by atoms with Gasteiger partial charge in [0.25, 0.3) is 0 Å². The topological polar surface area (TPSA) is 34.1 Å². The van der Waals surface area contributed by atoms with Crippen LogP contribution in [0.1, 0.15) is 18.4 Å². The summed E-state index contributed by atoms with van der Waals surface area (Å²) in [5.74, 6) is 0.774. The second-order valence-corrected chi connectivity index (χ2v) is 4.59. The molecule has 0 spiro atoms. The van der Waals surface area contributed by atoms with Gasteiger partial charge in [0.1, 0.15) is 5.15 Å². The van der Waals surface area contributed by atoms with Crippen molar-refractivity contribution in [2.75, 3.05) is 13.7 Å². The molecule has 3 nitrogen and oxygen atoms in total. The molecule has 1 atom stereocenters. The van der Waals surface area contributed by atoms with Crippen LogP contribution >= 0.6 is 11.6 Å². The highest BCUT2D eigenvalue weighted by Gasteiger charge is 2.30. The smallest absolute Gasteiger partial charge is 0.133 e. The van der Waals surface area contributed by atoms with Crippen molar-refractivity contribution in [3.63, 3.8) is 0 Å². The number of nitrogens with one attached hydrogen (secondary N) is 1. The second-order valence-electron chi connectivity index (χ2n) is 4.23. The first kappa shape index (κ1) is 11.8. The minimum atomic E-state index is 0.446. The third-order valence-corrected chi connectivity index (χ3v) is 3.27. The molecule has 1 aliphatic carbocycles. The lowest BCUT2D eigenvalue weighted by Crippen LogP contribution is -2.34. The summed E-state index contributed by atoms with van der Waals surface area (Å²) >= 11 is 6.00. The fraction of sp³-hybridized carbons (Fsp3) is 0.583. The number of nitrogens with zero attached hydrogens (tertiary/aromatic N) is 1. The van der Waals surface area contributed by atoms with Gasteiger partial charge in [0.05, 0.1) is 6.61 Å². The molecule has 88 valence electrons. The zero-order valence-electron chi connectivity index (χ0n) is 9.45. The molecule has 1 saturated carbocycles. The van der Waals surface area contributed by atoms with Gasteiger partial charge >= 0.3 is 0 Å². The monoisotopic (exact) mass is 240 g/mol. The highest BCUT2D eigenvalue weighted by Crippen LogP contribution is 2.32. The molecule has 0 amide bonds. The lowest BCUT2D eigenvalue weighted by atomic mass is 10.2. The van der Waals surface area contributed by atoms with Gasteiger partial charge in [-0.3, -0.25) is 0 Å². The maximum absolute atomic E-state index is 6.00. The summed E-state index contributed by atoms with van der Waals surface area (Å²) < 4.78 is 5.21. The van der Waals surface area contributed by atoms with E-state index in [2.05, 4.69) is 10.3 Å². The quantitative estimate of drug-likeness (QED) is 0.775. The molecule has 1 aromatic rings. The van der Waals surface area contributed by atoms with Crippen molar-refractivity contribution in [1.29, 1.82) is 0 Å². The molecule has 1 N–H and O–H groups in total. The van der Waals surface area contributed by atoms with Gasteiger partial charge in [-0.1, -0.05) is 17.7 Å². The van der Waals surface area contributed by atoms with Gasteiger partial charge in [-0.05, 0) is 24.8 Å². The molecule has 1 heterocycles. The van der Waals surface area contributed by atoms with E-state index in [-0.39, 0.29) is 0 Å². The molecule has 0 bridgehead atoms. The number of halogens is 1. The molecule has 0 saturated heterocycles. The normalized spacial score (nSPS) is 17.4. The largest absolute Gasteiger partial charge is 0.383 e. The van der Waals surface area contributed by atoms with Crippen LogP contribution in [0.3, 0.4) is 0 Å². The van der Waals surface area contributed by atoms with E-state index in [9.17, 15) is 0 Å². The Bertz CT molecular complexity index is 342. The van der Waals surface area contributed by atoms with Gasteiger partial charge in [0, 0.05) is 31.5 Å². The predicted molar refractivity (Wildman–Crippen MR) is 64.5 cm³/mol. The Kier molecular flexibility index (Phi) is 4.16. The first-order valence-corrected chi connectivity index (χ1v) is 6.00. The third-order valence-electron chi connectivity index (χ3n) is 2.93. The van der Waals surface area contributed by atoms with Gasteiger partial charge in [0.15, 0.2) is 0 Å². The van der Waals surface area contributed by atoms with Gasteiger partial charge in [-0.2, -0.15) is 0 Å². The number of aromatic nitrogens is 1. The van der Waals surface area contributed by atoms with E-state index in [0.717, 1.165) is 24.6 Å². The van der Waals surface area contributed by atoms with E-state index in [1.54, 1.807) is 13.3 Å². The summed E-state index contributed by atoms with van der Waals surface area (Å²) in [6, 6.07) is 4.35. The molecule has 0 radical (unpaired) electrons. The average Bonchev–Trinajstić information content (AvgIpc) is 3.10. The first-order chi connectivity index (χ1) is 7.81. The minimum absolute atomic E-state index is 0.446. The average molecular weight is 241 g/mol. The number of hydrogen-bond donors (Lipinski definition) is 1. The van der Waals surface area contributed by atoms with Crippen molar-refractivity contribution in [2.24, 2.45) is 5.92 Å². The van der Waals surface area contributed by atoms with Crippen molar-refractivity contribution in [2.45, 2.75) is 25.4 Å². The Balaban J connectivity index is 1.87. The molecule has 16 heavy (non-hydrogen) atoms. The van der Waals surface area contributed by atoms with Crippen LogP contribution in [-0.2, 0) is 11.3 Å². The second kappa shape index (κ2) is 5.62. The summed E-state index contributed by atoms with van der Waals surface area (Å²) in [5, 5.41) is 4.08. The van der Waals surface area contributed by atoms with E-state index in [1.165, 1.54) is 12.8 Å². The standard InChI is InChI=1S/C12H17ClN2O/c1-16-8-11(9-4-5-9)15-7-10-3-2-6-14-12(10)13/h2-3,6,9,11,15H,4-5,7-8H2,1H3. The summed E-state index contributed by atoms with van der Waals surface area (Å²) in [5.41, 5.74) is 1.05. The molecule has 0 aromatic carbocycles. The summed E-state index contributed by atoms with van der Waals surface area (Å²) in [6.07, 6.45) is 4.32. The van der Waals surface area contributed by atoms with Crippen LogP contribution in [-0.4, -0.2) is 24.7 Å². The van der Waals surface area contributed by atoms with Crippen LogP contribution in [0.25, 0.3) is 0 Å². The van der Waals surface area contributed by atoms with Crippen LogP contribution in [0.2, 0.25) is 5.15 Å². The third kappa shape index (κ3) is 3.17. The van der Waals surface area contributed by atoms with E-state index in [0.29, 0.717) is 11.2 Å². The maximum atomic E-state index is 6.00. The Labute approximate surface area is 101 Å². The molecule has 1 fully saturated rings. The summed E-state index contributed by atoms with van der Waals surface area (Å²) in [4.78, 5) is 4.06. The minimum Gasteiger partial charge on any atom is -0.383 e. The zero-order valence-corrected chi connectivity index (χ0v) is 10.2. The fourth-order valence-corrected chi connectivity index (χ4v) is 2.02. The molecule has 2 rings (SSSR count). The maximum Gasteiger partial charge on any atom is 0.133 e. The van der Waals surface area contributed by atoms with Gasteiger partial charge in [0.2, 0.25) is 0 Å². The van der Waals surface area contributed by atoms with E-state index >= 15 is 0 Å². The summed E-state index contributed by atoms with van der Waals surface area (Å²) in [6.45, 7) is 1.53. The van der Waals surface area contributed by atoms with Crippen molar-refractivity contribution in [1.82, 2.24) is 10.3 Å². The van der Waals surface area contributed by atoms with E-state index < -0.39 is 0 Å². The van der Waals surface area contributed by atoms with E-state index in [4.69, 9.17) is 16.3 Å². The predicted octanol–water partition coefficient (Wildman–Crippen LogP) is 2.25. The lowest BCUT2D eigenvalue weighted by molar-refractivity contribution is 0.157. The lowest BCUT2D eigenvalue weighted by Gasteiger charge is -2.17. The molecule has 4 heteroatoms. The fourth-order valence-electron chi connectivity index (χ4n) is 1.83. The molecule has 1 aliphatic rings. The van der Waals surface area contributed by atoms with Crippen LogP contribution < -0.4 is 5.32 Å². The number of pyridine rings is 1. The Morgan fingerprint density at radius 3 is 3.06 bits per heavy atom. The van der Waals surface area contributed by atoms with Crippen molar-refractivity contribution < 1.29 is 4.74 Å². The van der Waals surface area contributed by atoms with Crippen molar-refractivity contribution in [3.8, 4) is 0 Å². The SMILES string of the molecule is COCC(NCc1cccnc1Cl)C1CC1. The molecule has 0 aliphatic heterocycles. The summed E-state index contributed by atoms with van der Waals surface area (Å²) in [7, 11) is 1.74. The Hall–Kier alpha value is -0.640. The van der Waals surface area contributed by atoms with Crippen molar-refractivity contribution >= 4 is 11.6 Å². The van der Waals surface area contributed by atoms with Gasteiger partial charge < -0.3 is 10.1 Å². The van der Waals surface area contributed by atoms with Crippen LogP contribution in [0, 0.1) is 5.92 Å². The van der Waals surface area contributed by atoms with Gasteiger partial charge in [-0.25, -0.2) is 4.98 Å². The number of rotatable bonds is 6. The molecular weight excluding hydrogens is 224 g/mol. The van der Waals surface area contributed by atoms with Crippen LogP contribution in [0.15, 0.2) is 18.3 Å². The molecule has 1 unspecified atom stereocenters. The number of ether oxygens (including phenoxy) is 1. The van der Waals surface area contributed by atoms with Crippen LogP contribution in [0.5, 0.6) is 0 Å².